The fraction of sp³-hybridized carbons (Fsp3) is 0.571. The van der Waals surface area contributed by atoms with Crippen molar-refractivity contribution < 1.29 is 13.2 Å². The third-order valence-corrected chi connectivity index (χ3v) is 5.97. The molecule has 0 bridgehead atoms. The first kappa shape index (κ1) is 15.7. The zero-order valence-corrected chi connectivity index (χ0v) is 13.6. The monoisotopic (exact) mass is 343 g/mol. The van der Waals surface area contributed by atoms with Gasteiger partial charge in [-0.1, -0.05) is 11.6 Å². The molecule has 1 aliphatic carbocycles. The Labute approximate surface area is 134 Å². The van der Waals surface area contributed by atoms with Crippen molar-refractivity contribution >= 4 is 33.2 Å². The van der Waals surface area contributed by atoms with Crippen molar-refractivity contribution in [1.82, 2.24) is 9.88 Å². The number of sulfone groups is 1. The molecule has 1 aromatic heterocycles. The minimum atomic E-state index is -2.97. The van der Waals surface area contributed by atoms with Crippen LogP contribution in [-0.2, 0) is 14.6 Å². The van der Waals surface area contributed by atoms with Crippen molar-refractivity contribution in [3.8, 4) is 0 Å². The van der Waals surface area contributed by atoms with Gasteiger partial charge in [-0.15, -0.1) is 0 Å². The Kier molecular flexibility index (Phi) is 4.38. The second-order valence-corrected chi connectivity index (χ2v) is 8.56. The highest BCUT2D eigenvalue weighted by Gasteiger charge is 2.41. The number of pyridine rings is 1. The summed E-state index contributed by atoms with van der Waals surface area (Å²) in [5.41, 5.74) is 0. The fourth-order valence-corrected chi connectivity index (χ4v) is 4.59. The van der Waals surface area contributed by atoms with Crippen LogP contribution < -0.4 is 5.32 Å². The van der Waals surface area contributed by atoms with Crippen LogP contribution in [0.15, 0.2) is 18.3 Å². The van der Waals surface area contributed by atoms with E-state index in [1.54, 1.807) is 12.1 Å². The van der Waals surface area contributed by atoms with Crippen LogP contribution in [0.2, 0.25) is 5.02 Å². The summed E-state index contributed by atoms with van der Waals surface area (Å²) in [7, 11) is -2.97. The lowest BCUT2D eigenvalue weighted by atomic mass is 10.1. The maximum atomic E-state index is 12.1. The summed E-state index contributed by atoms with van der Waals surface area (Å²) in [6.45, 7) is 0.617. The lowest BCUT2D eigenvalue weighted by Gasteiger charge is -2.35. The predicted octanol–water partition coefficient (Wildman–Crippen LogP) is 1.18. The van der Waals surface area contributed by atoms with E-state index in [4.69, 9.17) is 11.6 Å². The van der Waals surface area contributed by atoms with Crippen LogP contribution in [-0.4, -0.2) is 54.8 Å². The number of halogens is 1. The average molecular weight is 344 g/mol. The van der Waals surface area contributed by atoms with Gasteiger partial charge in [0, 0.05) is 18.8 Å². The molecule has 2 fully saturated rings. The molecular formula is C14H18ClN3O3S. The van der Waals surface area contributed by atoms with Crippen LogP contribution in [0.1, 0.15) is 12.8 Å². The van der Waals surface area contributed by atoms with Gasteiger partial charge < -0.3 is 5.32 Å². The van der Waals surface area contributed by atoms with Crippen molar-refractivity contribution in [3.05, 3.63) is 23.4 Å². The van der Waals surface area contributed by atoms with E-state index in [1.165, 1.54) is 6.20 Å². The van der Waals surface area contributed by atoms with E-state index < -0.39 is 9.84 Å². The van der Waals surface area contributed by atoms with E-state index in [9.17, 15) is 13.2 Å². The largest absolute Gasteiger partial charge is 0.310 e. The molecule has 120 valence electrons. The lowest BCUT2D eigenvalue weighted by molar-refractivity contribution is -0.117. The third kappa shape index (κ3) is 3.97. The Morgan fingerprint density at radius 3 is 2.82 bits per heavy atom. The standard InChI is InChI=1S/C14H18ClN3O3S/c15-11-3-4-13(16-7-11)17-14(19)8-18-5-6-22(20,21)9-12(18)10-1-2-10/h3-4,7,10,12H,1-2,5-6,8-9H2,(H,16,17,19)/t12-/m1/s1. The van der Waals surface area contributed by atoms with Crippen molar-refractivity contribution in [1.29, 1.82) is 0 Å². The van der Waals surface area contributed by atoms with E-state index in [0.29, 0.717) is 23.3 Å². The Balaban J connectivity index is 1.61. The molecule has 2 aliphatic rings. The van der Waals surface area contributed by atoms with Gasteiger partial charge in [0.25, 0.3) is 0 Å². The van der Waals surface area contributed by atoms with Crippen molar-refractivity contribution in [2.24, 2.45) is 5.92 Å². The zero-order chi connectivity index (χ0) is 15.7. The summed E-state index contributed by atoms with van der Waals surface area (Å²) >= 11 is 5.75. The Hall–Kier alpha value is -1.18. The molecule has 1 N–H and O–H groups in total. The zero-order valence-electron chi connectivity index (χ0n) is 12.0. The number of carbonyl (C=O) groups excluding carboxylic acids is 1. The topological polar surface area (TPSA) is 79.4 Å². The highest BCUT2D eigenvalue weighted by atomic mass is 35.5. The second-order valence-electron chi connectivity index (χ2n) is 5.90. The SMILES string of the molecule is O=C(CN1CCS(=O)(=O)C[C@@H]1C1CC1)Nc1ccc(Cl)cn1. The Morgan fingerprint density at radius 1 is 1.41 bits per heavy atom. The number of nitrogens with one attached hydrogen (secondary N) is 1. The van der Waals surface area contributed by atoms with Crippen molar-refractivity contribution in [3.63, 3.8) is 0 Å². The maximum Gasteiger partial charge on any atom is 0.239 e. The van der Waals surface area contributed by atoms with E-state index in [-0.39, 0.29) is 30.0 Å². The van der Waals surface area contributed by atoms with Crippen LogP contribution in [0.3, 0.4) is 0 Å². The van der Waals surface area contributed by atoms with Crippen LogP contribution in [0.4, 0.5) is 5.82 Å². The first-order valence-electron chi connectivity index (χ1n) is 7.29. The number of amides is 1. The highest BCUT2D eigenvalue weighted by Crippen LogP contribution is 2.37. The molecule has 3 rings (SSSR count). The molecule has 2 heterocycles. The van der Waals surface area contributed by atoms with Gasteiger partial charge >= 0.3 is 0 Å². The van der Waals surface area contributed by atoms with E-state index in [1.807, 2.05) is 4.90 Å². The highest BCUT2D eigenvalue weighted by molar-refractivity contribution is 7.91. The van der Waals surface area contributed by atoms with E-state index in [2.05, 4.69) is 10.3 Å². The van der Waals surface area contributed by atoms with Gasteiger partial charge in [0.15, 0.2) is 9.84 Å². The van der Waals surface area contributed by atoms with E-state index in [0.717, 1.165) is 12.8 Å². The van der Waals surface area contributed by atoms with Gasteiger partial charge in [0.2, 0.25) is 5.91 Å². The molecule has 8 heteroatoms. The third-order valence-electron chi connectivity index (χ3n) is 4.09. The van der Waals surface area contributed by atoms with Gasteiger partial charge in [-0.3, -0.25) is 9.69 Å². The summed E-state index contributed by atoms with van der Waals surface area (Å²) in [6.07, 6.45) is 3.58. The molecular weight excluding hydrogens is 326 g/mol. The molecule has 1 aliphatic heterocycles. The van der Waals surface area contributed by atoms with Crippen molar-refractivity contribution in [2.45, 2.75) is 18.9 Å². The average Bonchev–Trinajstić information content (AvgIpc) is 3.28. The number of nitrogens with zero attached hydrogens (tertiary/aromatic N) is 2. The van der Waals surface area contributed by atoms with Crippen LogP contribution in [0.5, 0.6) is 0 Å². The molecule has 0 spiro atoms. The number of hydrogen-bond acceptors (Lipinski definition) is 5. The fourth-order valence-electron chi connectivity index (χ4n) is 2.80. The van der Waals surface area contributed by atoms with Gasteiger partial charge in [0.05, 0.1) is 23.1 Å². The lowest BCUT2D eigenvalue weighted by Crippen LogP contribution is -2.52. The molecule has 22 heavy (non-hydrogen) atoms. The first-order valence-corrected chi connectivity index (χ1v) is 9.49. The predicted molar refractivity (Wildman–Crippen MR) is 84.6 cm³/mol. The summed E-state index contributed by atoms with van der Waals surface area (Å²) < 4.78 is 23.6. The molecule has 1 amide bonds. The Bertz CT molecular complexity index is 658. The molecule has 1 saturated heterocycles. The van der Waals surface area contributed by atoms with Gasteiger partial charge in [-0.25, -0.2) is 13.4 Å². The number of rotatable bonds is 4. The van der Waals surface area contributed by atoms with Crippen LogP contribution >= 0.6 is 11.6 Å². The summed E-state index contributed by atoms with van der Waals surface area (Å²) in [6, 6.07) is 3.27. The number of anilines is 1. The molecule has 1 aromatic rings. The van der Waals surface area contributed by atoms with Crippen molar-refractivity contribution in [2.75, 3.05) is 29.9 Å². The van der Waals surface area contributed by atoms with Gasteiger partial charge in [-0.05, 0) is 30.9 Å². The smallest absolute Gasteiger partial charge is 0.239 e. The molecule has 1 saturated carbocycles. The second kappa shape index (κ2) is 6.14. The van der Waals surface area contributed by atoms with Crippen LogP contribution in [0, 0.1) is 5.92 Å². The van der Waals surface area contributed by atoms with E-state index >= 15 is 0 Å². The molecule has 0 radical (unpaired) electrons. The summed E-state index contributed by atoms with van der Waals surface area (Å²) in [5.74, 6) is 0.977. The minimum Gasteiger partial charge on any atom is -0.310 e. The Morgan fingerprint density at radius 2 is 2.18 bits per heavy atom. The summed E-state index contributed by atoms with van der Waals surface area (Å²) in [5, 5.41) is 3.22. The molecule has 1 atom stereocenters. The molecule has 0 unspecified atom stereocenters. The first-order chi connectivity index (χ1) is 10.4. The molecule has 6 nitrogen and oxygen atoms in total. The maximum absolute atomic E-state index is 12.1. The van der Waals surface area contributed by atoms with Gasteiger partial charge in [-0.2, -0.15) is 0 Å². The normalized spacial score (nSPS) is 24.9. The number of carbonyl (C=O) groups is 1. The number of aromatic nitrogens is 1. The number of hydrogen-bond donors (Lipinski definition) is 1. The summed E-state index contributed by atoms with van der Waals surface area (Å²) in [4.78, 5) is 18.2. The minimum absolute atomic E-state index is 0.0253. The van der Waals surface area contributed by atoms with Gasteiger partial charge in [0.1, 0.15) is 5.82 Å². The molecule has 0 aromatic carbocycles. The van der Waals surface area contributed by atoms with Crippen LogP contribution in [0.25, 0.3) is 0 Å². The quantitative estimate of drug-likeness (QED) is 0.888.